The van der Waals surface area contributed by atoms with Crippen LogP contribution in [-0.4, -0.2) is 52.9 Å². The first-order valence-corrected chi connectivity index (χ1v) is 6.94. The molecule has 0 bridgehead atoms. The molecule has 0 saturated carbocycles. The van der Waals surface area contributed by atoms with Gasteiger partial charge in [0.25, 0.3) is 0 Å². The minimum atomic E-state index is -4.61. The number of carbonyl (C=O) groups is 1. The molecule has 0 aromatic rings. The van der Waals surface area contributed by atoms with Gasteiger partial charge in [-0.3, -0.25) is 9.69 Å². The van der Waals surface area contributed by atoms with E-state index in [0.717, 1.165) is 6.42 Å². The van der Waals surface area contributed by atoms with Gasteiger partial charge in [0.05, 0.1) is 6.04 Å². The fourth-order valence-corrected chi connectivity index (χ4v) is 2.20. The van der Waals surface area contributed by atoms with Crippen molar-refractivity contribution in [2.75, 3.05) is 13.1 Å². The maximum atomic E-state index is 12.7. The van der Waals surface area contributed by atoms with Crippen molar-refractivity contribution in [3.05, 3.63) is 0 Å². The van der Waals surface area contributed by atoms with Crippen molar-refractivity contribution in [3.63, 3.8) is 0 Å². The van der Waals surface area contributed by atoms with Crippen molar-refractivity contribution in [2.45, 2.75) is 63.9 Å². The van der Waals surface area contributed by atoms with E-state index in [9.17, 15) is 23.1 Å². The average molecular weight is 296 g/mol. The fourth-order valence-electron chi connectivity index (χ4n) is 2.20. The van der Waals surface area contributed by atoms with Crippen LogP contribution in [0.4, 0.5) is 13.2 Å². The van der Waals surface area contributed by atoms with Crippen LogP contribution in [0.5, 0.6) is 0 Å². The zero-order valence-corrected chi connectivity index (χ0v) is 12.1. The third kappa shape index (κ3) is 3.85. The van der Waals surface area contributed by atoms with Crippen molar-refractivity contribution < 1.29 is 23.1 Å². The van der Waals surface area contributed by atoms with E-state index in [2.05, 4.69) is 5.32 Å². The number of rotatable bonds is 4. The van der Waals surface area contributed by atoms with Gasteiger partial charge in [-0.1, -0.05) is 6.92 Å². The number of alkyl halides is 3. The van der Waals surface area contributed by atoms with Crippen LogP contribution in [0.1, 0.15) is 40.0 Å². The van der Waals surface area contributed by atoms with Crippen molar-refractivity contribution in [1.82, 2.24) is 10.2 Å². The second kappa shape index (κ2) is 6.30. The van der Waals surface area contributed by atoms with Crippen LogP contribution >= 0.6 is 0 Å². The Morgan fingerprint density at radius 3 is 2.25 bits per heavy atom. The van der Waals surface area contributed by atoms with E-state index in [1.165, 1.54) is 0 Å². The van der Waals surface area contributed by atoms with Crippen molar-refractivity contribution in [3.8, 4) is 0 Å². The number of hydrogen-bond acceptors (Lipinski definition) is 3. The lowest BCUT2D eigenvalue weighted by molar-refractivity contribution is -0.273. The number of likely N-dealkylation sites (tertiary alicyclic amines) is 1. The number of nitrogens with zero attached hydrogens (tertiary/aromatic N) is 1. The summed E-state index contributed by atoms with van der Waals surface area (Å²) >= 11 is 0. The largest absolute Gasteiger partial charge is 0.417 e. The highest BCUT2D eigenvalue weighted by molar-refractivity contribution is 5.81. The summed E-state index contributed by atoms with van der Waals surface area (Å²) in [6.45, 7) is 5.62. The van der Waals surface area contributed by atoms with Crippen LogP contribution in [0.2, 0.25) is 0 Å². The van der Waals surface area contributed by atoms with Crippen LogP contribution in [0, 0.1) is 0 Å². The zero-order valence-electron chi connectivity index (χ0n) is 12.1. The molecule has 0 aliphatic carbocycles. The molecule has 1 fully saturated rings. The number of hydrogen-bond donors (Lipinski definition) is 2. The molecule has 4 nitrogen and oxygen atoms in total. The molecule has 1 aliphatic heterocycles. The SMILES string of the molecule is CCC(C)NC(=O)C(C)N1CCC(O)(C(F)(F)F)CC1. The normalized spacial score (nSPS) is 23.1. The molecule has 20 heavy (non-hydrogen) atoms. The number of nitrogens with one attached hydrogen (secondary N) is 1. The van der Waals surface area contributed by atoms with Gasteiger partial charge in [0.1, 0.15) is 0 Å². The summed E-state index contributed by atoms with van der Waals surface area (Å²) < 4.78 is 38.0. The Morgan fingerprint density at radius 1 is 1.35 bits per heavy atom. The first-order valence-electron chi connectivity index (χ1n) is 6.94. The molecule has 0 radical (unpaired) electrons. The van der Waals surface area contributed by atoms with Gasteiger partial charge < -0.3 is 10.4 Å². The predicted octanol–water partition coefficient (Wildman–Crippen LogP) is 1.68. The van der Waals surface area contributed by atoms with Gasteiger partial charge in [0.2, 0.25) is 5.91 Å². The molecule has 1 aliphatic rings. The highest BCUT2D eigenvalue weighted by Gasteiger charge is 2.54. The van der Waals surface area contributed by atoms with E-state index in [1.54, 1.807) is 11.8 Å². The Hall–Kier alpha value is -0.820. The highest BCUT2D eigenvalue weighted by Crippen LogP contribution is 2.38. The van der Waals surface area contributed by atoms with Crippen LogP contribution in [-0.2, 0) is 4.79 Å². The maximum Gasteiger partial charge on any atom is 0.417 e. The summed E-state index contributed by atoms with van der Waals surface area (Å²) in [4.78, 5) is 13.6. The van der Waals surface area contributed by atoms with Gasteiger partial charge in [0, 0.05) is 19.1 Å². The van der Waals surface area contributed by atoms with E-state index >= 15 is 0 Å². The monoisotopic (exact) mass is 296 g/mol. The van der Waals surface area contributed by atoms with Crippen molar-refractivity contribution in [1.29, 1.82) is 0 Å². The first kappa shape index (κ1) is 17.2. The van der Waals surface area contributed by atoms with Gasteiger partial charge in [-0.05, 0) is 33.1 Å². The molecule has 7 heteroatoms. The molecular formula is C13H23F3N2O2. The first-order chi connectivity index (χ1) is 9.10. The summed E-state index contributed by atoms with van der Waals surface area (Å²) in [6, 6.07) is -0.441. The molecule has 1 amide bonds. The van der Waals surface area contributed by atoms with E-state index in [0.29, 0.717) is 0 Å². The van der Waals surface area contributed by atoms with Crippen LogP contribution in [0.25, 0.3) is 0 Å². The van der Waals surface area contributed by atoms with Crippen molar-refractivity contribution >= 4 is 5.91 Å². The smallest absolute Gasteiger partial charge is 0.380 e. The number of piperidine rings is 1. The minimum absolute atomic E-state index is 0.0434. The standard InChI is InChI=1S/C13H23F3N2O2/c1-4-9(2)17-11(19)10(3)18-7-5-12(20,6-8-18)13(14,15)16/h9-10,20H,4-8H2,1-3H3,(H,17,19). The molecule has 0 spiro atoms. The molecular weight excluding hydrogens is 273 g/mol. The van der Waals surface area contributed by atoms with Crippen LogP contribution in [0.3, 0.4) is 0 Å². The topological polar surface area (TPSA) is 52.6 Å². The lowest BCUT2D eigenvalue weighted by Gasteiger charge is -2.41. The summed E-state index contributed by atoms with van der Waals surface area (Å²) in [5.74, 6) is -0.184. The molecule has 1 rings (SSSR count). The molecule has 2 N–H and O–H groups in total. The molecule has 0 aromatic carbocycles. The Balaban J connectivity index is 2.55. The molecule has 2 atom stereocenters. The summed E-state index contributed by atoms with van der Waals surface area (Å²) in [6.07, 6.45) is -4.59. The number of carbonyl (C=O) groups excluding carboxylic acids is 1. The minimum Gasteiger partial charge on any atom is -0.380 e. The Labute approximate surface area is 117 Å². The third-order valence-corrected chi connectivity index (χ3v) is 4.08. The van der Waals surface area contributed by atoms with Gasteiger partial charge in [-0.15, -0.1) is 0 Å². The van der Waals surface area contributed by atoms with Gasteiger partial charge in [0.15, 0.2) is 5.60 Å². The molecule has 1 saturated heterocycles. The third-order valence-electron chi connectivity index (χ3n) is 4.08. The molecule has 2 unspecified atom stereocenters. The van der Waals surface area contributed by atoms with Gasteiger partial charge >= 0.3 is 6.18 Å². The number of amides is 1. The molecule has 0 aromatic heterocycles. The van der Waals surface area contributed by atoms with Crippen LogP contribution in [0.15, 0.2) is 0 Å². The molecule has 118 valence electrons. The lowest BCUT2D eigenvalue weighted by Crippen LogP contribution is -2.57. The number of aliphatic hydroxyl groups is 1. The highest BCUT2D eigenvalue weighted by atomic mass is 19.4. The van der Waals surface area contributed by atoms with E-state index in [4.69, 9.17) is 0 Å². The van der Waals surface area contributed by atoms with Gasteiger partial charge in [-0.2, -0.15) is 13.2 Å². The van der Waals surface area contributed by atoms with Gasteiger partial charge in [-0.25, -0.2) is 0 Å². The fraction of sp³-hybridized carbons (Fsp3) is 0.923. The second-order valence-electron chi connectivity index (χ2n) is 5.56. The summed E-state index contributed by atoms with van der Waals surface area (Å²) in [5, 5.41) is 12.4. The molecule has 1 heterocycles. The Morgan fingerprint density at radius 2 is 1.85 bits per heavy atom. The Kier molecular flexibility index (Phi) is 5.43. The maximum absolute atomic E-state index is 12.7. The number of halogens is 3. The second-order valence-corrected chi connectivity index (χ2v) is 5.56. The van der Waals surface area contributed by atoms with Crippen LogP contribution < -0.4 is 5.32 Å². The quantitative estimate of drug-likeness (QED) is 0.830. The van der Waals surface area contributed by atoms with E-state index in [-0.39, 0.29) is 25.0 Å². The van der Waals surface area contributed by atoms with E-state index in [1.807, 2.05) is 13.8 Å². The average Bonchev–Trinajstić information content (AvgIpc) is 2.37. The Bertz CT molecular complexity index is 339. The van der Waals surface area contributed by atoms with E-state index < -0.39 is 30.7 Å². The zero-order chi connectivity index (χ0) is 15.6. The predicted molar refractivity (Wildman–Crippen MR) is 69.2 cm³/mol. The lowest BCUT2D eigenvalue weighted by atomic mass is 9.90. The summed E-state index contributed by atoms with van der Waals surface area (Å²) in [7, 11) is 0. The summed E-state index contributed by atoms with van der Waals surface area (Å²) in [5.41, 5.74) is -2.61. The van der Waals surface area contributed by atoms with Crippen molar-refractivity contribution in [2.24, 2.45) is 0 Å².